The fourth-order valence-corrected chi connectivity index (χ4v) is 2.37. The summed E-state index contributed by atoms with van der Waals surface area (Å²) in [5.74, 6) is 0.523. The number of rotatable bonds is 6. The summed E-state index contributed by atoms with van der Waals surface area (Å²) in [6.45, 7) is 5.94. The molecule has 0 aliphatic carbocycles. The highest BCUT2D eigenvalue weighted by Crippen LogP contribution is 2.19. The highest BCUT2D eigenvalue weighted by molar-refractivity contribution is 6.30. The molecule has 0 spiro atoms. The number of hydrogen-bond donors (Lipinski definition) is 1. The highest BCUT2D eigenvalue weighted by Gasteiger charge is 2.20. The normalized spacial score (nSPS) is 13.2. The Kier molecular flexibility index (Phi) is 6.05. The predicted octanol–water partition coefficient (Wildman–Crippen LogP) is 4.68. The third-order valence-corrected chi connectivity index (χ3v) is 3.94. The van der Waals surface area contributed by atoms with Crippen molar-refractivity contribution < 1.29 is 9.53 Å². The van der Waals surface area contributed by atoms with Gasteiger partial charge in [-0.15, -0.1) is 0 Å². The first kappa shape index (κ1) is 17.4. The van der Waals surface area contributed by atoms with Crippen molar-refractivity contribution in [3.05, 3.63) is 64.7 Å². The van der Waals surface area contributed by atoms with Gasteiger partial charge in [0.05, 0.1) is 6.04 Å². The van der Waals surface area contributed by atoms with Gasteiger partial charge < -0.3 is 10.1 Å². The lowest BCUT2D eigenvalue weighted by atomic mass is 10.1. The highest BCUT2D eigenvalue weighted by atomic mass is 35.5. The topological polar surface area (TPSA) is 38.3 Å². The van der Waals surface area contributed by atoms with Crippen LogP contribution in [0.3, 0.4) is 0 Å². The first-order chi connectivity index (χ1) is 11.0. The van der Waals surface area contributed by atoms with Gasteiger partial charge in [0.15, 0.2) is 6.10 Å². The molecule has 0 radical (unpaired) electrons. The number of ether oxygens (including phenoxy) is 1. The van der Waals surface area contributed by atoms with Gasteiger partial charge in [0.25, 0.3) is 5.91 Å². The summed E-state index contributed by atoms with van der Waals surface area (Å²) in [6, 6.07) is 15.1. The molecule has 0 fully saturated rings. The van der Waals surface area contributed by atoms with Crippen LogP contribution >= 0.6 is 11.6 Å². The third kappa shape index (κ3) is 5.00. The van der Waals surface area contributed by atoms with Crippen LogP contribution in [0.15, 0.2) is 48.5 Å². The molecule has 0 bridgehead atoms. The van der Waals surface area contributed by atoms with Crippen molar-refractivity contribution in [2.75, 3.05) is 0 Å². The van der Waals surface area contributed by atoms with Gasteiger partial charge in [-0.05, 0) is 50.1 Å². The maximum absolute atomic E-state index is 12.4. The molecule has 0 aliphatic heterocycles. The monoisotopic (exact) mass is 331 g/mol. The van der Waals surface area contributed by atoms with Crippen LogP contribution in [0.4, 0.5) is 0 Å². The SMILES string of the molecule is CC[C@@H](Oc1ccc(Cl)cc1)C(=O)N[C@H](C)c1ccc(C)cc1. The molecule has 0 unspecified atom stereocenters. The average Bonchev–Trinajstić information content (AvgIpc) is 2.54. The van der Waals surface area contributed by atoms with Crippen LogP contribution in [-0.4, -0.2) is 12.0 Å². The summed E-state index contributed by atoms with van der Waals surface area (Å²) in [5, 5.41) is 3.65. The van der Waals surface area contributed by atoms with Crippen molar-refractivity contribution in [1.82, 2.24) is 5.32 Å². The lowest BCUT2D eigenvalue weighted by Gasteiger charge is -2.21. The van der Waals surface area contributed by atoms with Crippen LogP contribution < -0.4 is 10.1 Å². The van der Waals surface area contributed by atoms with Crippen molar-refractivity contribution in [3.8, 4) is 5.75 Å². The lowest BCUT2D eigenvalue weighted by Crippen LogP contribution is -2.39. The van der Waals surface area contributed by atoms with Crippen LogP contribution in [-0.2, 0) is 4.79 Å². The Hall–Kier alpha value is -2.00. The molecule has 2 aromatic rings. The number of hydrogen-bond acceptors (Lipinski definition) is 2. The van der Waals surface area contributed by atoms with E-state index >= 15 is 0 Å². The van der Waals surface area contributed by atoms with Crippen molar-refractivity contribution in [3.63, 3.8) is 0 Å². The second-order valence-corrected chi connectivity index (χ2v) is 6.05. The molecule has 1 amide bonds. The number of amides is 1. The Balaban J connectivity index is 1.99. The van der Waals surface area contributed by atoms with Gasteiger partial charge in [-0.1, -0.05) is 48.4 Å². The van der Waals surface area contributed by atoms with E-state index in [1.54, 1.807) is 24.3 Å². The van der Waals surface area contributed by atoms with E-state index in [4.69, 9.17) is 16.3 Å². The minimum absolute atomic E-state index is 0.0639. The van der Waals surface area contributed by atoms with Gasteiger partial charge in [-0.2, -0.15) is 0 Å². The lowest BCUT2D eigenvalue weighted by molar-refractivity contribution is -0.128. The van der Waals surface area contributed by atoms with E-state index in [9.17, 15) is 4.79 Å². The molecular formula is C19H22ClNO2. The van der Waals surface area contributed by atoms with Crippen molar-refractivity contribution >= 4 is 17.5 Å². The zero-order valence-corrected chi connectivity index (χ0v) is 14.4. The van der Waals surface area contributed by atoms with Gasteiger partial charge in [-0.25, -0.2) is 0 Å². The molecule has 1 N–H and O–H groups in total. The largest absolute Gasteiger partial charge is 0.481 e. The van der Waals surface area contributed by atoms with Crippen LogP contribution in [0.5, 0.6) is 5.75 Å². The fourth-order valence-electron chi connectivity index (χ4n) is 2.24. The number of carbonyl (C=O) groups excluding carboxylic acids is 1. The van der Waals surface area contributed by atoms with E-state index in [0.29, 0.717) is 17.2 Å². The molecule has 2 atom stereocenters. The maximum atomic E-state index is 12.4. The van der Waals surface area contributed by atoms with Crippen molar-refractivity contribution in [2.45, 2.75) is 39.3 Å². The Morgan fingerprint density at radius 1 is 1.13 bits per heavy atom. The van der Waals surface area contributed by atoms with Gasteiger partial charge in [0, 0.05) is 5.02 Å². The molecule has 0 saturated carbocycles. The van der Waals surface area contributed by atoms with E-state index < -0.39 is 6.10 Å². The molecule has 0 heterocycles. The fraction of sp³-hybridized carbons (Fsp3) is 0.316. The second-order valence-electron chi connectivity index (χ2n) is 5.61. The summed E-state index contributed by atoms with van der Waals surface area (Å²) < 4.78 is 5.77. The first-order valence-electron chi connectivity index (χ1n) is 7.78. The standard InChI is InChI=1S/C19H22ClNO2/c1-4-18(23-17-11-9-16(20)10-12-17)19(22)21-14(3)15-7-5-13(2)6-8-15/h5-12,14,18H,4H2,1-3H3,(H,21,22)/t14-,18-/m1/s1. The molecular weight excluding hydrogens is 310 g/mol. The maximum Gasteiger partial charge on any atom is 0.261 e. The molecule has 0 saturated heterocycles. The number of carbonyl (C=O) groups is 1. The van der Waals surface area contributed by atoms with Gasteiger partial charge in [0.2, 0.25) is 0 Å². The van der Waals surface area contributed by atoms with Gasteiger partial charge >= 0.3 is 0 Å². The Morgan fingerprint density at radius 3 is 2.30 bits per heavy atom. The minimum Gasteiger partial charge on any atom is -0.481 e. The quantitative estimate of drug-likeness (QED) is 0.834. The van der Waals surface area contributed by atoms with Crippen LogP contribution in [0.25, 0.3) is 0 Å². The molecule has 23 heavy (non-hydrogen) atoms. The van der Waals surface area contributed by atoms with E-state index in [-0.39, 0.29) is 11.9 Å². The molecule has 0 aliphatic rings. The second kappa shape index (κ2) is 8.02. The summed E-state index contributed by atoms with van der Waals surface area (Å²) in [5.41, 5.74) is 2.27. The summed E-state index contributed by atoms with van der Waals surface area (Å²) in [7, 11) is 0. The van der Waals surface area contributed by atoms with Gasteiger partial charge in [-0.3, -0.25) is 4.79 Å². The van der Waals surface area contributed by atoms with E-state index in [1.165, 1.54) is 5.56 Å². The number of aryl methyl sites for hydroxylation is 1. The number of nitrogens with one attached hydrogen (secondary N) is 1. The molecule has 2 rings (SSSR count). The zero-order valence-electron chi connectivity index (χ0n) is 13.7. The van der Waals surface area contributed by atoms with Crippen LogP contribution in [0, 0.1) is 6.92 Å². The summed E-state index contributed by atoms with van der Waals surface area (Å²) >= 11 is 5.86. The molecule has 4 heteroatoms. The average molecular weight is 332 g/mol. The number of halogens is 1. The Labute approximate surface area is 142 Å². The molecule has 2 aromatic carbocycles. The Bertz CT molecular complexity index is 637. The zero-order chi connectivity index (χ0) is 16.8. The van der Waals surface area contributed by atoms with E-state index in [1.807, 2.05) is 45.0 Å². The number of benzene rings is 2. The third-order valence-electron chi connectivity index (χ3n) is 3.69. The summed E-state index contributed by atoms with van der Waals surface area (Å²) in [6.07, 6.45) is 0.0683. The minimum atomic E-state index is -0.524. The smallest absolute Gasteiger partial charge is 0.261 e. The van der Waals surface area contributed by atoms with Crippen LogP contribution in [0.1, 0.15) is 37.4 Å². The predicted molar refractivity (Wildman–Crippen MR) is 93.9 cm³/mol. The van der Waals surface area contributed by atoms with Gasteiger partial charge in [0.1, 0.15) is 5.75 Å². The summed E-state index contributed by atoms with van der Waals surface area (Å²) in [4.78, 5) is 12.4. The van der Waals surface area contributed by atoms with E-state index in [2.05, 4.69) is 5.32 Å². The van der Waals surface area contributed by atoms with Crippen molar-refractivity contribution in [2.24, 2.45) is 0 Å². The van der Waals surface area contributed by atoms with E-state index in [0.717, 1.165) is 5.56 Å². The Morgan fingerprint density at radius 2 is 1.74 bits per heavy atom. The van der Waals surface area contributed by atoms with Crippen molar-refractivity contribution in [1.29, 1.82) is 0 Å². The van der Waals surface area contributed by atoms with Crippen LogP contribution in [0.2, 0.25) is 5.02 Å². The molecule has 122 valence electrons. The molecule has 0 aromatic heterocycles. The molecule has 3 nitrogen and oxygen atoms in total. The first-order valence-corrected chi connectivity index (χ1v) is 8.16.